The predicted octanol–water partition coefficient (Wildman–Crippen LogP) is 1.17. The third-order valence-electron chi connectivity index (χ3n) is 4.06. The molecular weight excluding hydrogens is 252 g/mol. The lowest BCUT2D eigenvalue weighted by Crippen LogP contribution is -2.44. The van der Waals surface area contributed by atoms with Crippen molar-refractivity contribution >= 4 is 18.3 Å². The number of hydrogen-bond donors (Lipinski definition) is 2. The Morgan fingerprint density at radius 2 is 2.06 bits per heavy atom. The molecule has 2 heterocycles. The van der Waals surface area contributed by atoms with Gasteiger partial charge in [0.1, 0.15) is 0 Å². The van der Waals surface area contributed by atoms with Crippen LogP contribution in [0.2, 0.25) is 0 Å². The van der Waals surface area contributed by atoms with Gasteiger partial charge in [0, 0.05) is 19.6 Å². The summed E-state index contributed by atoms with van der Waals surface area (Å²) < 4.78 is 0. The van der Waals surface area contributed by atoms with Gasteiger partial charge in [-0.25, -0.2) is 0 Å². The molecule has 1 amide bonds. The van der Waals surface area contributed by atoms with Crippen molar-refractivity contribution in [3.05, 3.63) is 0 Å². The normalized spacial score (nSPS) is 31.6. The molecule has 2 fully saturated rings. The summed E-state index contributed by atoms with van der Waals surface area (Å²) in [5, 5.41) is 12.6. The number of β-amino-alcohol motifs (C(OH)–C–C–N with tert-alkyl or cyclic N) is 1. The SMILES string of the molecule is CC1(C)CCCN(C(=O)C2CC(O)CN2)CC1.Cl. The van der Waals surface area contributed by atoms with Crippen LogP contribution in [0.5, 0.6) is 0 Å². The van der Waals surface area contributed by atoms with Gasteiger partial charge in [-0.1, -0.05) is 13.8 Å². The topological polar surface area (TPSA) is 52.6 Å². The fraction of sp³-hybridized carbons (Fsp3) is 0.923. The Kier molecular flexibility index (Phi) is 5.44. The van der Waals surface area contributed by atoms with E-state index in [1.165, 1.54) is 6.42 Å². The smallest absolute Gasteiger partial charge is 0.239 e. The number of halogens is 1. The third kappa shape index (κ3) is 3.84. The van der Waals surface area contributed by atoms with Crippen molar-refractivity contribution in [2.75, 3.05) is 19.6 Å². The maximum atomic E-state index is 12.3. The van der Waals surface area contributed by atoms with E-state index in [9.17, 15) is 9.90 Å². The van der Waals surface area contributed by atoms with Crippen molar-refractivity contribution in [2.24, 2.45) is 5.41 Å². The van der Waals surface area contributed by atoms with Crippen molar-refractivity contribution < 1.29 is 9.90 Å². The first kappa shape index (κ1) is 15.7. The van der Waals surface area contributed by atoms with E-state index in [4.69, 9.17) is 0 Å². The number of rotatable bonds is 1. The molecule has 0 aromatic heterocycles. The molecule has 4 nitrogen and oxygen atoms in total. The van der Waals surface area contributed by atoms with Crippen LogP contribution in [0, 0.1) is 5.41 Å². The first-order valence-corrected chi connectivity index (χ1v) is 6.68. The van der Waals surface area contributed by atoms with E-state index in [1.807, 2.05) is 4.90 Å². The zero-order chi connectivity index (χ0) is 12.5. The molecule has 2 N–H and O–H groups in total. The summed E-state index contributed by atoms with van der Waals surface area (Å²) in [4.78, 5) is 14.2. The number of carbonyl (C=O) groups is 1. The molecule has 18 heavy (non-hydrogen) atoms. The number of likely N-dealkylation sites (tertiary alicyclic amines) is 1. The quantitative estimate of drug-likeness (QED) is 0.756. The maximum absolute atomic E-state index is 12.3. The van der Waals surface area contributed by atoms with Crippen LogP contribution in [0.25, 0.3) is 0 Å². The van der Waals surface area contributed by atoms with Crippen LogP contribution in [0.1, 0.15) is 39.5 Å². The highest BCUT2D eigenvalue weighted by atomic mass is 35.5. The molecule has 0 aromatic rings. The number of amides is 1. The largest absolute Gasteiger partial charge is 0.392 e. The molecule has 2 saturated heterocycles. The fourth-order valence-electron chi connectivity index (χ4n) is 2.77. The monoisotopic (exact) mass is 276 g/mol. The van der Waals surface area contributed by atoms with E-state index >= 15 is 0 Å². The lowest BCUT2D eigenvalue weighted by molar-refractivity contribution is -0.133. The van der Waals surface area contributed by atoms with Crippen LogP contribution in [-0.4, -0.2) is 47.7 Å². The second-order valence-corrected chi connectivity index (χ2v) is 6.19. The van der Waals surface area contributed by atoms with E-state index in [0.29, 0.717) is 18.4 Å². The molecule has 2 unspecified atom stereocenters. The molecule has 0 bridgehead atoms. The minimum Gasteiger partial charge on any atom is -0.392 e. The number of aliphatic hydroxyl groups is 1. The van der Waals surface area contributed by atoms with Gasteiger partial charge in [0.25, 0.3) is 0 Å². The molecule has 2 atom stereocenters. The average molecular weight is 277 g/mol. The molecule has 2 aliphatic heterocycles. The molecule has 2 rings (SSSR count). The highest BCUT2D eigenvalue weighted by Crippen LogP contribution is 2.30. The first-order valence-electron chi connectivity index (χ1n) is 6.68. The highest BCUT2D eigenvalue weighted by molar-refractivity contribution is 5.85. The zero-order valence-electron chi connectivity index (χ0n) is 11.3. The summed E-state index contributed by atoms with van der Waals surface area (Å²) in [6, 6.07) is -0.161. The Balaban J connectivity index is 0.00000162. The second-order valence-electron chi connectivity index (χ2n) is 6.19. The highest BCUT2D eigenvalue weighted by Gasteiger charge is 2.33. The van der Waals surface area contributed by atoms with E-state index in [0.717, 1.165) is 25.9 Å². The Morgan fingerprint density at radius 1 is 1.33 bits per heavy atom. The minimum atomic E-state index is -0.354. The number of nitrogens with zero attached hydrogens (tertiary/aromatic N) is 1. The van der Waals surface area contributed by atoms with Crippen molar-refractivity contribution in [1.29, 1.82) is 0 Å². The Bertz CT molecular complexity index is 297. The van der Waals surface area contributed by atoms with Gasteiger partial charge in [-0.05, 0) is 31.1 Å². The number of hydrogen-bond acceptors (Lipinski definition) is 3. The third-order valence-corrected chi connectivity index (χ3v) is 4.06. The summed E-state index contributed by atoms with van der Waals surface area (Å²) in [6.07, 6.45) is 3.57. The molecule has 2 aliphatic rings. The van der Waals surface area contributed by atoms with Gasteiger partial charge in [-0.3, -0.25) is 4.79 Å². The lowest BCUT2D eigenvalue weighted by atomic mass is 9.85. The molecule has 0 saturated carbocycles. The van der Waals surface area contributed by atoms with Crippen LogP contribution in [-0.2, 0) is 4.79 Å². The lowest BCUT2D eigenvalue weighted by Gasteiger charge is -2.25. The van der Waals surface area contributed by atoms with E-state index in [2.05, 4.69) is 19.2 Å². The fourth-order valence-corrected chi connectivity index (χ4v) is 2.77. The van der Waals surface area contributed by atoms with Gasteiger partial charge in [0.15, 0.2) is 0 Å². The van der Waals surface area contributed by atoms with Gasteiger partial charge < -0.3 is 15.3 Å². The second kappa shape index (κ2) is 6.22. The van der Waals surface area contributed by atoms with Gasteiger partial charge in [0.2, 0.25) is 5.91 Å². The van der Waals surface area contributed by atoms with Crippen molar-refractivity contribution in [1.82, 2.24) is 10.2 Å². The van der Waals surface area contributed by atoms with Gasteiger partial charge in [-0.2, -0.15) is 0 Å². The molecule has 0 radical (unpaired) electrons. The van der Waals surface area contributed by atoms with Crippen molar-refractivity contribution in [2.45, 2.75) is 51.7 Å². The van der Waals surface area contributed by atoms with Crippen LogP contribution >= 0.6 is 12.4 Å². The van der Waals surface area contributed by atoms with Crippen LogP contribution < -0.4 is 5.32 Å². The molecule has 0 aliphatic carbocycles. The van der Waals surface area contributed by atoms with Crippen LogP contribution in [0.15, 0.2) is 0 Å². The Labute approximate surface area is 116 Å². The Morgan fingerprint density at radius 3 is 2.67 bits per heavy atom. The van der Waals surface area contributed by atoms with E-state index in [-0.39, 0.29) is 30.5 Å². The van der Waals surface area contributed by atoms with Crippen LogP contribution in [0.3, 0.4) is 0 Å². The number of aliphatic hydroxyl groups excluding tert-OH is 1. The van der Waals surface area contributed by atoms with Gasteiger partial charge in [0.05, 0.1) is 12.1 Å². The number of carbonyl (C=O) groups excluding carboxylic acids is 1. The molecule has 0 spiro atoms. The van der Waals surface area contributed by atoms with Crippen LogP contribution in [0.4, 0.5) is 0 Å². The van der Waals surface area contributed by atoms with Crippen molar-refractivity contribution in [3.63, 3.8) is 0 Å². The maximum Gasteiger partial charge on any atom is 0.239 e. The number of nitrogens with one attached hydrogen (secondary N) is 1. The summed E-state index contributed by atoms with van der Waals surface area (Å²) in [7, 11) is 0. The predicted molar refractivity (Wildman–Crippen MR) is 73.9 cm³/mol. The first-order chi connectivity index (χ1) is 7.98. The minimum absolute atomic E-state index is 0. The standard InChI is InChI=1S/C13H24N2O2.ClH/c1-13(2)4-3-6-15(7-5-13)12(17)11-8-10(16)9-14-11;/h10-11,14,16H,3-9H2,1-2H3;1H. The average Bonchev–Trinajstić information content (AvgIpc) is 2.60. The molecule has 0 aromatic carbocycles. The zero-order valence-corrected chi connectivity index (χ0v) is 12.1. The van der Waals surface area contributed by atoms with Crippen molar-refractivity contribution in [3.8, 4) is 0 Å². The van der Waals surface area contributed by atoms with E-state index in [1.54, 1.807) is 0 Å². The van der Waals surface area contributed by atoms with E-state index < -0.39 is 0 Å². The molecule has 106 valence electrons. The molecular formula is C13H25ClN2O2. The van der Waals surface area contributed by atoms with Gasteiger partial charge >= 0.3 is 0 Å². The summed E-state index contributed by atoms with van der Waals surface area (Å²) in [6.45, 7) is 6.84. The van der Waals surface area contributed by atoms with Gasteiger partial charge in [-0.15, -0.1) is 12.4 Å². The summed E-state index contributed by atoms with van der Waals surface area (Å²) in [5.74, 6) is 0.180. The summed E-state index contributed by atoms with van der Waals surface area (Å²) in [5.41, 5.74) is 0.359. The summed E-state index contributed by atoms with van der Waals surface area (Å²) >= 11 is 0. The Hall–Kier alpha value is -0.320. The molecule has 5 heteroatoms.